The van der Waals surface area contributed by atoms with Gasteiger partial charge in [-0.05, 0) is 12.5 Å². The summed E-state index contributed by atoms with van der Waals surface area (Å²) in [6.07, 6.45) is 2.45. The molecule has 1 aromatic rings. The lowest BCUT2D eigenvalue weighted by molar-refractivity contribution is 0.185. The number of rotatable bonds is 8. The van der Waals surface area contributed by atoms with Gasteiger partial charge in [0, 0.05) is 39.1 Å². The lowest BCUT2D eigenvalue weighted by atomic mass is 10.4. The molecule has 1 heterocycles. The van der Waals surface area contributed by atoms with Crippen molar-refractivity contribution in [3.8, 4) is 0 Å². The zero-order valence-electron chi connectivity index (χ0n) is 11.7. The first-order valence-corrected chi connectivity index (χ1v) is 7.66. The third kappa shape index (κ3) is 3.79. The minimum Gasteiger partial charge on any atom is -0.390 e. The van der Waals surface area contributed by atoms with E-state index in [1.165, 1.54) is 24.5 Å². The van der Waals surface area contributed by atoms with Crippen LogP contribution < -0.4 is 0 Å². The highest BCUT2D eigenvalue weighted by Crippen LogP contribution is 2.18. The smallest absolute Gasteiger partial charge is 0.244 e. The Kier molecular flexibility index (Phi) is 5.99. The summed E-state index contributed by atoms with van der Waals surface area (Å²) in [4.78, 5) is 0.212. The van der Waals surface area contributed by atoms with Crippen LogP contribution in [-0.2, 0) is 27.9 Å². The standard InChI is InChI=1S/C12H22N2O4S/c1-4-5-14-9-12(8-11(14)10-15)19(16,17)13(2)6-7-18-3/h8-9,15H,4-7,10H2,1-3H3. The maximum absolute atomic E-state index is 12.3. The molecular weight excluding hydrogens is 268 g/mol. The number of aliphatic hydroxyl groups excluding tert-OH is 1. The zero-order valence-corrected chi connectivity index (χ0v) is 12.5. The third-order valence-corrected chi connectivity index (χ3v) is 4.73. The maximum atomic E-state index is 12.3. The Morgan fingerprint density at radius 1 is 1.47 bits per heavy atom. The highest BCUT2D eigenvalue weighted by molar-refractivity contribution is 7.89. The number of sulfonamides is 1. The normalized spacial score (nSPS) is 12.3. The largest absolute Gasteiger partial charge is 0.390 e. The molecule has 1 rings (SSSR count). The molecule has 0 aliphatic carbocycles. The Hall–Kier alpha value is -0.890. The molecule has 0 atom stereocenters. The van der Waals surface area contributed by atoms with Crippen molar-refractivity contribution in [2.75, 3.05) is 27.3 Å². The number of nitrogens with zero attached hydrogens (tertiary/aromatic N) is 2. The van der Waals surface area contributed by atoms with E-state index in [2.05, 4.69) is 0 Å². The van der Waals surface area contributed by atoms with Crippen molar-refractivity contribution in [3.05, 3.63) is 18.0 Å². The number of likely N-dealkylation sites (N-methyl/N-ethyl adjacent to an activating group) is 1. The number of hydrogen-bond acceptors (Lipinski definition) is 4. The van der Waals surface area contributed by atoms with Crippen LogP contribution in [-0.4, -0.2) is 49.7 Å². The minimum atomic E-state index is -3.52. The van der Waals surface area contributed by atoms with Crippen molar-refractivity contribution < 1.29 is 18.3 Å². The molecule has 0 aromatic carbocycles. The van der Waals surface area contributed by atoms with E-state index < -0.39 is 10.0 Å². The van der Waals surface area contributed by atoms with Gasteiger partial charge in [0.15, 0.2) is 0 Å². The SMILES string of the molecule is CCCn1cc(S(=O)(=O)N(C)CCOC)cc1CO. The van der Waals surface area contributed by atoms with Crippen LogP contribution in [0.4, 0.5) is 0 Å². The van der Waals surface area contributed by atoms with E-state index in [1.54, 1.807) is 10.8 Å². The van der Waals surface area contributed by atoms with Crippen LogP contribution >= 0.6 is 0 Å². The molecule has 1 N–H and O–H groups in total. The summed E-state index contributed by atoms with van der Waals surface area (Å²) in [5, 5.41) is 9.25. The lowest BCUT2D eigenvalue weighted by Gasteiger charge is -2.15. The Balaban J connectivity index is 3.01. The quantitative estimate of drug-likeness (QED) is 0.763. The van der Waals surface area contributed by atoms with Crippen molar-refractivity contribution >= 4 is 10.0 Å². The van der Waals surface area contributed by atoms with Crippen molar-refractivity contribution in [1.82, 2.24) is 8.87 Å². The van der Waals surface area contributed by atoms with Gasteiger partial charge in [-0.25, -0.2) is 8.42 Å². The summed E-state index contributed by atoms with van der Waals surface area (Å²) in [6, 6.07) is 1.52. The third-order valence-electron chi connectivity index (χ3n) is 2.91. The number of aromatic nitrogens is 1. The summed E-state index contributed by atoms with van der Waals surface area (Å²) in [7, 11) is -0.472. The predicted molar refractivity (Wildman–Crippen MR) is 72.3 cm³/mol. The van der Waals surface area contributed by atoms with Gasteiger partial charge in [0.1, 0.15) is 4.90 Å². The first kappa shape index (κ1) is 16.2. The molecule has 0 fully saturated rings. The summed E-state index contributed by atoms with van der Waals surface area (Å²) < 4.78 is 32.5. The highest BCUT2D eigenvalue weighted by Gasteiger charge is 2.23. The summed E-state index contributed by atoms with van der Waals surface area (Å²) in [5.74, 6) is 0. The molecule has 0 amide bonds. The van der Waals surface area contributed by atoms with Crippen LogP contribution in [0.15, 0.2) is 17.2 Å². The van der Waals surface area contributed by atoms with E-state index in [4.69, 9.17) is 4.74 Å². The van der Waals surface area contributed by atoms with Gasteiger partial charge in [0.2, 0.25) is 10.0 Å². The van der Waals surface area contributed by atoms with Crippen LogP contribution in [0.2, 0.25) is 0 Å². The number of methoxy groups -OCH3 is 1. The maximum Gasteiger partial charge on any atom is 0.244 e. The molecular formula is C12H22N2O4S. The highest BCUT2D eigenvalue weighted by atomic mass is 32.2. The molecule has 110 valence electrons. The van der Waals surface area contributed by atoms with E-state index in [0.29, 0.717) is 25.4 Å². The van der Waals surface area contributed by atoms with Gasteiger partial charge >= 0.3 is 0 Å². The number of aryl methyl sites for hydroxylation is 1. The van der Waals surface area contributed by atoms with Gasteiger partial charge in [-0.1, -0.05) is 6.92 Å². The second-order valence-corrected chi connectivity index (χ2v) is 6.38. The minimum absolute atomic E-state index is 0.169. The summed E-state index contributed by atoms with van der Waals surface area (Å²) in [6.45, 7) is 3.16. The topological polar surface area (TPSA) is 71.8 Å². The number of hydrogen-bond donors (Lipinski definition) is 1. The Morgan fingerprint density at radius 2 is 2.16 bits per heavy atom. The monoisotopic (exact) mass is 290 g/mol. The second-order valence-electron chi connectivity index (χ2n) is 4.34. The van der Waals surface area contributed by atoms with Gasteiger partial charge < -0.3 is 14.4 Å². The fourth-order valence-corrected chi connectivity index (χ4v) is 2.99. The van der Waals surface area contributed by atoms with E-state index in [-0.39, 0.29) is 11.5 Å². The average Bonchev–Trinajstić information content (AvgIpc) is 2.80. The molecule has 0 saturated carbocycles. The average molecular weight is 290 g/mol. The van der Waals surface area contributed by atoms with Crippen LogP contribution in [0.3, 0.4) is 0 Å². The first-order valence-electron chi connectivity index (χ1n) is 6.22. The summed E-state index contributed by atoms with van der Waals surface area (Å²) >= 11 is 0. The molecule has 0 saturated heterocycles. The molecule has 1 aromatic heterocycles. The number of ether oxygens (including phenoxy) is 1. The van der Waals surface area contributed by atoms with Crippen molar-refractivity contribution in [2.45, 2.75) is 31.4 Å². The summed E-state index contributed by atoms with van der Waals surface area (Å²) in [5.41, 5.74) is 0.612. The Bertz CT molecular complexity index is 496. The van der Waals surface area contributed by atoms with Crippen molar-refractivity contribution in [3.63, 3.8) is 0 Å². The van der Waals surface area contributed by atoms with Gasteiger partial charge in [-0.3, -0.25) is 0 Å². The molecule has 0 radical (unpaired) electrons. The van der Waals surface area contributed by atoms with Gasteiger partial charge in [-0.15, -0.1) is 0 Å². The molecule has 0 spiro atoms. The van der Waals surface area contributed by atoms with Crippen molar-refractivity contribution in [2.24, 2.45) is 0 Å². The van der Waals surface area contributed by atoms with E-state index in [9.17, 15) is 13.5 Å². The van der Waals surface area contributed by atoms with Crippen LogP contribution in [0.25, 0.3) is 0 Å². The van der Waals surface area contributed by atoms with Gasteiger partial charge in [0.05, 0.1) is 13.2 Å². The lowest BCUT2D eigenvalue weighted by Crippen LogP contribution is -2.29. The van der Waals surface area contributed by atoms with Crippen LogP contribution in [0.5, 0.6) is 0 Å². The molecule has 0 unspecified atom stereocenters. The van der Waals surface area contributed by atoms with E-state index >= 15 is 0 Å². The fraction of sp³-hybridized carbons (Fsp3) is 0.667. The number of aliphatic hydroxyl groups is 1. The van der Waals surface area contributed by atoms with Crippen molar-refractivity contribution in [1.29, 1.82) is 0 Å². The fourth-order valence-electron chi connectivity index (χ4n) is 1.77. The van der Waals surface area contributed by atoms with E-state index in [0.717, 1.165) is 6.42 Å². The zero-order chi connectivity index (χ0) is 14.5. The van der Waals surface area contributed by atoms with Gasteiger partial charge in [0.25, 0.3) is 0 Å². The van der Waals surface area contributed by atoms with Crippen LogP contribution in [0.1, 0.15) is 19.0 Å². The molecule has 6 nitrogen and oxygen atoms in total. The molecule has 0 bridgehead atoms. The second kappa shape index (κ2) is 7.04. The first-order chi connectivity index (χ1) is 8.97. The molecule has 0 aliphatic heterocycles. The molecule has 19 heavy (non-hydrogen) atoms. The Morgan fingerprint density at radius 3 is 2.68 bits per heavy atom. The predicted octanol–water partition coefficient (Wildman–Crippen LogP) is 0.657. The molecule has 0 aliphatic rings. The van der Waals surface area contributed by atoms with Gasteiger partial charge in [-0.2, -0.15) is 4.31 Å². The molecule has 7 heteroatoms. The van der Waals surface area contributed by atoms with Crippen LogP contribution in [0, 0.1) is 0 Å². The Labute approximate surface area is 114 Å². The van der Waals surface area contributed by atoms with E-state index in [1.807, 2.05) is 6.92 Å².